The van der Waals surface area contributed by atoms with Gasteiger partial charge < -0.3 is 5.73 Å². The number of aryl methyl sites for hydroxylation is 1. The zero-order valence-corrected chi connectivity index (χ0v) is 17.2. The SMILES string of the molecule is C[C@H]1CCc2c(sc3nc(S[C@H](C)C(N)=O)n(-c4ccccc4F)c(=O)c23)C1. The summed E-state index contributed by atoms with van der Waals surface area (Å²) >= 11 is 2.60. The predicted octanol–water partition coefficient (Wildman–Crippen LogP) is 3.68. The van der Waals surface area contributed by atoms with Crippen LogP contribution in [0.15, 0.2) is 34.2 Å². The van der Waals surface area contributed by atoms with Crippen LogP contribution in [0.5, 0.6) is 0 Å². The van der Waals surface area contributed by atoms with Gasteiger partial charge in [-0.25, -0.2) is 9.37 Å². The molecule has 0 spiro atoms. The molecule has 2 aromatic heterocycles. The van der Waals surface area contributed by atoms with Crippen LogP contribution in [0.25, 0.3) is 15.9 Å². The minimum Gasteiger partial charge on any atom is -0.369 e. The average Bonchev–Trinajstić information content (AvgIpc) is 3.00. The van der Waals surface area contributed by atoms with Crippen LogP contribution in [-0.2, 0) is 17.6 Å². The van der Waals surface area contributed by atoms with Crippen LogP contribution in [0.3, 0.4) is 0 Å². The first kappa shape index (κ1) is 19.1. The van der Waals surface area contributed by atoms with Crippen molar-refractivity contribution in [1.82, 2.24) is 9.55 Å². The first-order valence-corrected chi connectivity index (χ1v) is 10.8. The van der Waals surface area contributed by atoms with Gasteiger partial charge in [0.05, 0.1) is 16.3 Å². The fraction of sp³-hybridized carbons (Fsp3) is 0.350. The molecule has 2 heterocycles. The van der Waals surface area contributed by atoms with Crippen molar-refractivity contribution in [2.45, 2.75) is 43.5 Å². The summed E-state index contributed by atoms with van der Waals surface area (Å²) < 4.78 is 15.8. The summed E-state index contributed by atoms with van der Waals surface area (Å²) in [4.78, 5) is 31.6. The molecule has 2 atom stereocenters. The van der Waals surface area contributed by atoms with Gasteiger partial charge in [-0.05, 0) is 49.8 Å². The molecule has 1 aliphatic rings. The molecule has 0 bridgehead atoms. The lowest BCUT2D eigenvalue weighted by atomic mass is 9.89. The summed E-state index contributed by atoms with van der Waals surface area (Å²) in [6.45, 7) is 3.85. The molecule has 0 saturated carbocycles. The lowest BCUT2D eigenvalue weighted by Crippen LogP contribution is -2.27. The molecule has 28 heavy (non-hydrogen) atoms. The lowest BCUT2D eigenvalue weighted by Gasteiger charge is -2.18. The van der Waals surface area contributed by atoms with E-state index in [1.165, 1.54) is 26.8 Å². The summed E-state index contributed by atoms with van der Waals surface area (Å²) in [6, 6.07) is 6.10. The number of aromatic nitrogens is 2. The molecule has 8 heteroatoms. The molecule has 0 aliphatic heterocycles. The van der Waals surface area contributed by atoms with Crippen molar-refractivity contribution < 1.29 is 9.18 Å². The third kappa shape index (κ3) is 3.24. The van der Waals surface area contributed by atoms with E-state index in [2.05, 4.69) is 11.9 Å². The number of hydrogen-bond acceptors (Lipinski definition) is 5. The quantitative estimate of drug-likeness (QED) is 0.519. The van der Waals surface area contributed by atoms with Gasteiger partial charge >= 0.3 is 0 Å². The highest BCUT2D eigenvalue weighted by atomic mass is 32.2. The molecule has 146 valence electrons. The number of hydrogen-bond donors (Lipinski definition) is 1. The van der Waals surface area contributed by atoms with Crippen LogP contribution in [0.2, 0.25) is 0 Å². The summed E-state index contributed by atoms with van der Waals surface area (Å²) in [6.07, 6.45) is 2.78. The third-order valence-electron chi connectivity index (χ3n) is 5.07. The molecular weight excluding hydrogens is 397 g/mol. The Bertz CT molecular complexity index is 1140. The minimum absolute atomic E-state index is 0.130. The topological polar surface area (TPSA) is 78.0 Å². The predicted molar refractivity (Wildman–Crippen MR) is 111 cm³/mol. The number of amides is 1. The number of rotatable bonds is 4. The van der Waals surface area contributed by atoms with E-state index >= 15 is 0 Å². The number of para-hydroxylation sites is 1. The number of thioether (sulfide) groups is 1. The summed E-state index contributed by atoms with van der Waals surface area (Å²) in [7, 11) is 0. The molecular formula is C20H20FN3O2S2. The van der Waals surface area contributed by atoms with Crippen LogP contribution >= 0.6 is 23.1 Å². The molecule has 0 saturated heterocycles. The van der Waals surface area contributed by atoms with E-state index in [4.69, 9.17) is 5.73 Å². The van der Waals surface area contributed by atoms with E-state index in [0.717, 1.165) is 36.6 Å². The zero-order valence-electron chi connectivity index (χ0n) is 15.6. The number of fused-ring (bicyclic) bond motifs is 3. The van der Waals surface area contributed by atoms with Gasteiger partial charge in [0.2, 0.25) is 5.91 Å². The fourth-order valence-corrected chi connectivity index (χ4v) is 5.81. The van der Waals surface area contributed by atoms with Gasteiger partial charge in [0.25, 0.3) is 5.56 Å². The van der Waals surface area contributed by atoms with E-state index in [9.17, 15) is 14.0 Å². The summed E-state index contributed by atoms with van der Waals surface area (Å²) in [5, 5.41) is 0.253. The number of benzene rings is 1. The third-order valence-corrected chi connectivity index (χ3v) is 7.29. The van der Waals surface area contributed by atoms with E-state index < -0.39 is 17.0 Å². The Labute approximate surface area is 169 Å². The second-order valence-electron chi connectivity index (χ2n) is 7.18. The Morgan fingerprint density at radius 2 is 2.18 bits per heavy atom. The van der Waals surface area contributed by atoms with Gasteiger partial charge in [0.15, 0.2) is 5.16 Å². The highest BCUT2D eigenvalue weighted by Crippen LogP contribution is 2.37. The van der Waals surface area contributed by atoms with Gasteiger partial charge in [-0.1, -0.05) is 30.8 Å². The van der Waals surface area contributed by atoms with Crippen LogP contribution < -0.4 is 11.3 Å². The molecule has 0 radical (unpaired) electrons. The minimum atomic E-state index is -0.600. The molecule has 1 amide bonds. The van der Waals surface area contributed by atoms with Crippen molar-refractivity contribution in [2.24, 2.45) is 11.7 Å². The maximum atomic E-state index is 14.6. The van der Waals surface area contributed by atoms with E-state index in [1.54, 1.807) is 25.1 Å². The van der Waals surface area contributed by atoms with Gasteiger partial charge in [-0.2, -0.15) is 0 Å². The number of nitrogens with zero attached hydrogens (tertiary/aromatic N) is 2. The van der Waals surface area contributed by atoms with Crippen molar-refractivity contribution >= 4 is 39.2 Å². The highest BCUT2D eigenvalue weighted by molar-refractivity contribution is 8.00. The smallest absolute Gasteiger partial charge is 0.267 e. The number of carbonyl (C=O) groups is 1. The van der Waals surface area contributed by atoms with Gasteiger partial charge in [-0.15, -0.1) is 11.3 Å². The largest absolute Gasteiger partial charge is 0.369 e. The second-order valence-corrected chi connectivity index (χ2v) is 9.57. The van der Waals surface area contributed by atoms with Crippen molar-refractivity contribution in [3.05, 3.63) is 50.9 Å². The Morgan fingerprint density at radius 3 is 2.89 bits per heavy atom. The second kappa shape index (κ2) is 7.33. The first-order chi connectivity index (χ1) is 13.4. The normalized spacial score (nSPS) is 17.5. The Balaban J connectivity index is 2.01. The number of nitrogens with two attached hydrogens (primary N) is 1. The number of carbonyl (C=O) groups excluding carboxylic acids is 1. The molecule has 2 N–H and O–H groups in total. The number of halogens is 1. The average molecular weight is 418 g/mol. The maximum absolute atomic E-state index is 14.6. The van der Waals surface area contributed by atoms with Crippen LogP contribution in [-0.4, -0.2) is 20.7 Å². The van der Waals surface area contributed by atoms with E-state index in [1.807, 2.05) is 0 Å². The lowest BCUT2D eigenvalue weighted by molar-refractivity contribution is -0.117. The highest BCUT2D eigenvalue weighted by Gasteiger charge is 2.26. The van der Waals surface area contributed by atoms with Crippen LogP contribution in [0.4, 0.5) is 4.39 Å². The molecule has 5 nitrogen and oxygen atoms in total. The Morgan fingerprint density at radius 1 is 1.43 bits per heavy atom. The van der Waals surface area contributed by atoms with Gasteiger partial charge in [-0.3, -0.25) is 14.2 Å². The summed E-state index contributed by atoms with van der Waals surface area (Å²) in [5.74, 6) is -0.464. The standard InChI is InChI=1S/C20H20FN3O2S2/c1-10-7-8-12-15(9-10)28-18-16(12)19(26)24(14-6-4-3-5-13(14)21)20(23-18)27-11(2)17(22)25/h3-6,10-11H,7-9H2,1-2H3,(H2,22,25)/t10-,11+/m0/s1. The zero-order chi connectivity index (χ0) is 20.0. The molecule has 0 unspecified atom stereocenters. The molecule has 0 fully saturated rings. The van der Waals surface area contributed by atoms with Crippen molar-refractivity contribution in [2.75, 3.05) is 0 Å². The van der Waals surface area contributed by atoms with Crippen molar-refractivity contribution in [1.29, 1.82) is 0 Å². The fourth-order valence-electron chi connectivity index (χ4n) is 3.51. The number of thiophene rings is 1. The number of primary amides is 1. The Hall–Kier alpha value is -2.19. The summed E-state index contributed by atoms with van der Waals surface area (Å²) in [5.41, 5.74) is 6.28. The van der Waals surface area contributed by atoms with Crippen molar-refractivity contribution in [3.8, 4) is 5.69 Å². The van der Waals surface area contributed by atoms with Crippen molar-refractivity contribution in [3.63, 3.8) is 0 Å². The first-order valence-electron chi connectivity index (χ1n) is 9.15. The molecule has 4 rings (SSSR count). The monoisotopic (exact) mass is 417 g/mol. The van der Waals surface area contributed by atoms with Gasteiger partial charge in [0.1, 0.15) is 10.6 Å². The maximum Gasteiger partial charge on any atom is 0.267 e. The van der Waals surface area contributed by atoms with Gasteiger partial charge in [0, 0.05) is 4.88 Å². The Kier molecular flexibility index (Phi) is 5.01. The van der Waals surface area contributed by atoms with E-state index in [-0.39, 0.29) is 16.4 Å². The molecule has 3 aromatic rings. The van der Waals surface area contributed by atoms with E-state index in [0.29, 0.717) is 16.1 Å². The molecule has 1 aromatic carbocycles. The van der Waals surface area contributed by atoms with Crippen LogP contribution in [0.1, 0.15) is 30.7 Å². The molecule has 1 aliphatic carbocycles. The van der Waals surface area contributed by atoms with Crippen LogP contribution in [0, 0.1) is 11.7 Å².